The third-order valence-corrected chi connectivity index (χ3v) is 0. The Balaban J connectivity index is -0.0000000483. The van der Waals surface area contributed by atoms with Gasteiger partial charge in [0.05, 0.1) is 0 Å². The van der Waals surface area contributed by atoms with Crippen LogP contribution in [0, 0.1) is 0 Å². The molecule has 0 saturated carbocycles. The molecule has 0 saturated heterocycles. The standard InChI is InChI=1S/2Ca.8O.Ru.Ti/q2*+2;;;;;4*-1;;. The molecule has 0 bridgehead atoms. The van der Waals surface area contributed by atoms with Crippen LogP contribution in [-0.4, -0.2) is 75.5 Å². The third-order valence-electron chi connectivity index (χ3n) is 0. The molecule has 0 aliphatic heterocycles. The summed E-state index contributed by atoms with van der Waals surface area (Å²) >= 11 is -11.8. The molecule has 0 aliphatic rings. The first kappa shape index (κ1) is 24.2. The van der Waals surface area contributed by atoms with Crippen LogP contribution >= 0.6 is 0 Å². The molecule has 0 N–H and O–H groups in total. The van der Waals surface area contributed by atoms with Gasteiger partial charge in [-0.2, -0.15) is 0 Å². The summed E-state index contributed by atoms with van der Waals surface area (Å²) in [4.78, 5) is 0. The van der Waals surface area contributed by atoms with Crippen LogP contribution in [0.25, 0.3) is 0 Å². The zero-order chi connectivity index (χ0) is 9.02. The predicted molar refractivity (Wildman–Crippen MR) is 14.3 cm³/mol. The second-order valence-electron chi connectivity index (χ2n) is 0.839. The Morgan fingerprint density at radius 2 is 0.917 bits per heavy atom. The summed E-state index contributed by atoms with van der Waals surface area (Å²) in [5.41, 5.74) is 0. The van der Waals surface area contributed by atoms with Crippen LogP contribution in [0.3, 0.4) is 0 Å². The number of hydrogen-bond donors (Lipinski definition) is 0. The van der Waals surface area contributed by atoms with Crippen molar-refractivity contribution in [1.29, 1.82) is 0 Å². The minimum absolute atomic E-state index is 0. The van der Waals surface area contributed by atoms with E-state index in [1.165, 1.54) is 0 Å². The summed E-state index contributed by atoms with van der Waals surface area (Å²) in [6, 6.07) is 0. The first-order chi connectivity index (χ1) is 3.97. The van der Waals surface area contributed by atoms with E-state index in [1.807, 2.05) is 0 Å². The van der Waals surface area contributed by atoms with E-state index in [4.69, 9.17) is 29.3 Å². The van der Waals surface area contributed by atoms with Gasteiger partial charge in [-0.25, -0.2) is 0 Å². The molecule has 0 spiro atoms. The topological polar surface area (TPSA) is 161 Å². The molecule has 12 heavy (non-hydrogen) atoms. The second-order valence-corrected chi connectivity index (χ2v) is 4.52. The van der Waals surface area contributed by atoms with Crippen LogP contribution in [0.1, 0.15) is 0 Å². The van der Waals surface area contributed by atoms with Gasteiger partial charge in [-0.1, -0.05) is 0 Å². The van der Waals surface area contributed by atoms with E-state index >= 15 is 0 Å². The molecule has 12 heteroatoms. The van der Waals surface area contributed by atoms with Crippen molar-refractivity contribution in [2.45, 2.75) is 0 Å². The zero-order valence-corrected chi connectivity index (χ0v) is 13.3. The Labute approximate surface area is 134 Å². The van der Waals surface area contributed by atoms with E-state index in [0.29, 0.717) is 0 Å². The van der Waals surface area contributed by atoms with Crippen LogP contribution in [-0.2, 0) is 46.8 Å². The predicted octanol–water partition coefficient (Wildman–Crippen LogP) is -6.00. The molecule has 0 heterocycles. The van der Waals surface area contributed by atoms with E-state index in [2.05, 4.69) is 0 Å². The fraction of sp³-hybridized carbons (Fsp3) is 0. The van der Waals surface area contributed by atoms with E-state index in [-0.39, 0.29) is 75.5 Å². The van der Waals surface area contributed by atoms with Gasteiger partial charge in [0, 0.05) is 0 Å². The molecule has 0 aromatic rings. The van der Waals surface area contributed by atoms with E-state index in [0.717, 1.165) is 0 Å². The Bertz CT molecular complexity index is 264. The average molecular weight is 357 g/mol. The molecular weight excluding hydrogens is 357 g/mol. The van der Waals surface area contributed by atoms with Crippen LogP contribution in [0.15, 0.2) is 0 Å². The maximum absolute atomic E-state index is 8.64. The van der Waals surface area contributed by atoms with Crippen molar-refractivity contribution < 1.29 is 62.1 Å². The van der Waals surface area contributed by atoms with Crippen LogP contribution in [0.5, 0.6) is 0 Å². The molecule has 0 unspecified atom stereocenters. The van der Waals surface area contributed by atoms with Gasteiger partial charge in [-0.3, -0.25) is 0 Å². The quantitative estimate of drug-likeness (QED) is 0.387. The van der Waals surface area contributed by atoms with Crippen LogP contribution in [0.2, 0.25) is 0 Å². The molecule has 0 aliphatic carbocycles. The van der Waals surface area contributed by atoms with Gasteiger partial charge >= 0.3 is 138 Å². The molecule has 0 aromatic heterocycles. The SMILES string of the molecule is [Ca+2].[Ca+2].[O]=[Ru](=[O])(=[O])([O-])[O-].[O]=[Ti]([O-])[O-]. The van der Waals surface area contributed by atoms with Crippen molar-refractivity contribution in [3.8, 4) is 0 Å². The Morgan fingerprint density at radius 3 is 0.917 bits per heavy atom. The molecule has 0 aromatic carbocycles. The molecule has 0 rings (SSSR count). The van der Waals surface area contributed by atoms with E-state index in [1.54, 1.807) is 0 Å². The van der Waals surface area contributed by atoms with Gasteiger partial charge in [-0.05, 0) is 0 Å². The minimum atomic E-state index is -7.72. The monoisotopic (exact) mass is 358 g/mol. The number of rotatable bonds is 0. The van der Waals surface area contributed by atoms with Crippen molar-refractivity contribution in [3.63, 3.8) is 0 Å². The van der Waals surface area contributed by atoms with Gasteiger partial charge in [0.1, 0.15) is 0 Å². The van der Waals surface area contributed by atoms with Crippen molar-refractivity contribution in [2.24, 2.45) is 0 Å². The van der Waals surface area contributed by atoms with Gasteiger partial charge in [0.2, 0.25) is 0 Å². The summed E-state index contributed by atoms with van der Waals surface area (Å²) in [5, 5.41) is 0. The fourth-order valence-corrected chi connectivity index (χ4v) is 0. The average Bonchev–Trinajstić information content (AvgIpc) is 1.14. The van der Waals surface area contributed by atoms with E-state index < -0.39 is 32.8 Å². The van der Waals surface area contributed by atoms with Gasteiger partial charge in [0.25, 0.3) is 0 Å². The van der Waals surface area contributed by atoms with Crippen LogP contribution < -0.4 is 15.2 Å². The summed E-state index contributed by atoms with van der Waals surface area (Å²) in [7, 11) is 0. The van der Waals surface area contributed by atoms with Gasteiger partial charge in [0.15, 0.2) is 0 Å². The molecule has 0 atom stereocenters. The third kappa shape index (κ3) is 217. The Morgan fingerprint density at radius 1 is 0.917 bits per heavy atom. The van der Waals surface area contributed by atoms with Crippen molar-refractivity contribution in [1.82, 2.24) is 0 Å². The summed E-state index contributed by atoms with van der Waals surface area (Å²) in [6.45, 7) is 0. The molecule has 0 amide bonds. The summed E-state index contributed by atoms with van der Waals surface area (Å²) in [6.07, 6.45) is 0. The Kier molecular flexibility index (Phi) is 18.5. The summed E-state index contributed by atoms with van der Waals surface area (Å²) < 4.78 is 68.9. The molecule has 0 radical (unpaired) electrons. The van der Waals surface area contributed by atoms with Crippen LogP contribution in [0.4, 0.5) is 0 Å². The molecular formula is Ca2O8RuTi. The molecule has 0 fully saturated rings. The maximum atomic E-state index is 8.64. The Hall–Kier alpha value is 2.90. The van der Waals surface area contributed by atoms with E-state index in [9.17, 15) is 0 Å². The van der Waals surface area contributed by atoms with Crippen molar-refractivity contribution in [2.75, 3.05) is 0 Å². The molecule has 8 nitrogen and oxygen atoms in total. The van der Waals surface area contributed by atoms with Crippen molar-refractivity contribution >= 4 is 75.5 Å². The molecule has 64 valence electrons. The summed E-state index contributed by atoms with van der Waals surface area (Å²) in [5.74, 6) is 0. The normalized spacial score (nSPS) is 11.5. The second kappa shape index (κ2) is 9.15. The zero-order valence-electron chi connectivity index (χ0n) is 5.53. The fourth-order valence-electron chi connectivity index (χ4n) is 0. The van der Waals surface area contributed by atoms with Gasteiger partial charge in [-0.15, -0.1) is 0 Å². The van der Waals surface area contributed by atoms with Gasteiger partial charge < -0.3 is 0 Å². The van der Waals surface area contributed by atoms with Crippen molar-refractivity contribution in [3.05, 3.63) is 0 Å². The first-order valence-electron chi connectivity index (χ1n) is 1.33. The number of hydrogen-bond acceptors (Lipinski definition) is 8. The first-order valence-corrected chi connectivity index (χ1v) is 6.79.